The lowest BCUT2D eigenvalue weighted by Crippen LogP contribution is -2.14. The van der Waals surface area contributed by atoms with E-state index in [1.807, 2.05) is 12.3 Å². The molecule has 1 fully saturated rings. The van der Waals surface area contributed by atoms with E-state index in [9.17, 15) is 4.79 Å². The van der Waals surface area contributed by atoms with Gasteiger partial charge in [0.05, 0.1) is 23.7 Å². The van der Waals surface area contributed by atoms with Crippen LogP contribution < -0.4 is 0 Å². The van der Waals surface area contributed by atoms with Crippen LogP contribution in [0.5, 0.6) is 0 Å². The first-order chi connectivity index (χ1) is 11.7. The lowest BCUT2D eigenvalue weighted by molar-refractivity contribution is -0.144. The van der Waals surface area contributed by atoms with E-state index in [2.05, 4.69) is 18.8 Å². The van der Waals surface area contributed by atoms with Crippen molar-refractivity contribution in [2.45, 2.75) is 69.6 Å². The van der Waals surface area contributed by atoms with Gasteiger partial charge < -0.3 is 4.74 Å². The summed E-state index contributed by atoms with van der Waals surface area (Å²) in [7, 11) is 0. The number of carbonyl (C=O) groups is 1. The Morgan fingerprint density at radius 2 is 2.25 bits per heavy atom. The first kappa shape index (κ1) is 19.6. The molecule has 1 atom stereocenters. The molecule has 1 aromatic rings. The van der Waals surface area contributed by atoms with Crippen molar-refractivity contribution in [2.24, 2.45) is 5.92 Å². The Kier molecular flexibility index (Phi) is 8.40. The van der Waals surface area contributed by atoms with E-state index in [0.29, 0.717) is 30.6 Å². The number of rotatable bonds is 11. The Morgan fingerprint density at radius 1 is 1.46 bits per heavy atom. The summed E-state index contributed by atoms with van der Waals surface area (Å²) in [4.78, 5) is 17.3. The maximum atomic E-state index is 11.9. The van der Waals surface area contributed by atoms with Gasteiger partial charge in [-0.05, 0) is 31.2 Å². The molecule has 0 amide bonds. The molecular formula is C19H28ClNO2S. The Bertz CT molecular complexity index is 534. The first-order valence-electron chi connectivity index (χ1n) is 9.08. The van der Waals surface area contributed by atoms with Crippen LogP contribution >= 0.6 is 23.4 Å². The van der Waals surface area contributed by atoms with E-state index in [-0.39, 0.29) is 5.97 Å². The molecule has 0 bridgehead atoms. The zero-order valence-corrected chi connectivity index (χ0v) is 16.3. The Morgan fingerprint density at radius 3 is 2.92 bits per heavy atom. The van der Waals surface area contributed by atoms with Crippen LogP contribution in [0.15, 0.2) is 17.2 Å². The number of carbonyl (C=O) groups excluding carboxylic acids is 1. The lowest BCUT2D eigenvalue weighted by atomic mass is 10.0. The third kappa shape index (κ3) is 6.29. The molecule has 1 unspecified atom stereocenters. The van der Waals surface area contributed by atoms with Crippen LogP contribution in [0.3, 0.4) is 0 Å². The van der Waals surface area contributed by atoms with Gasteiger partial charge >= 0.3 is 5.97 Å². The highest BCUT2D eigenvalue weighted by atomic mass is 35.5. The van der Waals surface area contributed by atoms with E-state index < -0.39 is 0 Å². The topological polar surface area (TPSA) is 39.2 Å². The molecule has 1 aliphatic rings. The number of unbranched alkanes of at least 4 members (excludes halogenated alkanes) is 1. The maximum Gasteiger partial charge on any atom is 0.306 e. The van der Waals surface area contributed by atoms with Crippen molar-refractivity contribution in [1.29, 1.82) is 0 Å². The molecule has 3 nitrogen and oxygen atoms in total. The van der Waals surface area contributed by atoms with Gasteiger partial charge in [0.15, 0.2) is 0 Å². The summed E-state index contributed by atoms with van der Waals surface area (Å²) < 4.78 is 5.43. The maximum absolute atomic E-state index is 11.9. The molecule has 0 aliphatic heterocycles. The van der Waals surface area contributed by atoms with Gasteiger partial charge in [0.1, 0.15) is 0 Å². The van der Waals surface area contributed by atoms with Crippen LogP contribution in [0.4, 0.5) is 0 Å². The minimum atomic E-state index is -0.106. The fraction of sp³-hybridized carbons (Fsp3) is 0.684. The Balaban J connectivity index is 1.70. The van der Waals surface area contributed by atoms with Crippen LogP contribution in [0, 0.1) is 5.92 Å². The van der Waals surface area contributed by atoms with Crippen molar-refractivity contribution in [1.82, 2.24) is 4.98 Å². The molecule has 0 saturated heterocycles. The number of aromatic nitrogens is 1. The van der Waals surface area contributed by atoms with Gasteiger partial charge in [0.25, 0.3) is 0 Å². The average Bonchev–Trinajstić information content (AvgIpc) is 3.41. The molecule has 1 aliphatic carbocycles. The molecule has 2 rings (SSSR count). The third-order valence-corrected chi connectivity index (χ3v) is 6.00. The van der Waals surface area contributed by atoms with Gasteiger partial charge in [0, 0.05) is 22.8 Å². The number of ether oxygens (including phenoxy) is 1. The van der Waals surface area contributed by atoms with E-state index in [1.165, 1.54) is 25.7 Å². The molecule has 1 saturated carbocycles. The van der Waals surface area contributed by atoms with Crippen LogP contribution in [-0.2, 0) is 9.53 Å². The summed E-state index contributed by atoms with van der Waals surface area (Å²) in [5.74, 6) is 1.62. The largest absolute Gasteiger partial charge is 0.465 e. The predicted molar refractivity (Wildman–Crippen MR) is 101 cm³/mol. The van der Waals surface area contributed by atoms with Crippen LogP contribution in [-0.4, -0.2) is 23.3 Å². The molecule has 0 aromatic carbocycles. The summed E-state index contributed by atoms with van der Waals surface area (Å²) in [6, 6.07) is 1.93. The van der Waals surface area contributed by atoms with E-state index >= 15 is 0 Å². The number of thioether (sulfide) groups is 1. The summed E-state index contributed by atoms with van der Waals surface area (Å²) in [5, 5.41) is 0.768. The van der Waals surface area contributed by atoms with Crippen molar-refractivity contribution in [2.75, 3.05) is 12.4 Å². The summed E-state index contributed by atoms with van der Waals surface area (Å²) in [6.45, 7) is 4.91. The Hall–Kier alpha value is -0.740. The first-order valence-corrected chi connectivity index (χ1v) is 10.4. The normalized spacial score (nSPS) is 15.3. The van der Waals surface area contributed by atoms with Gasteiger partial charge in [-0.15, -0.1) is 11.8 Å². The number of nitrogens with zero attached hydrogens (tertiary/aromatic N) is 1. The summed E-state index contributed by atoms with van der Waals surface area (Å²) >= 11 is 8.05. The molecule has 134 valence electrons. The minimum Gasteiger partial charge on any atom is -0.465 e. The number of esters is 1. The SMILES string of the molecule is CCCCC(CC)COC(=O)CCSc1ccnc(C2CC2)c1Cl. The standard InChI is InChI=1S/C19H28ClNO2S/c1-3-5-6-14(4-2)13-23-17(22)10-12-24-16-9-11-21-19(18(16)20)15-7-8-15/h9,11,14-15H,3-8,10,12-13H2,1-2H3. The smallest absolute Gasteiger partial charge is 0.306 e. The third-order valence-electron chi connectivity index (χ3n) is 4.43. The van der Waals surface area contributed by atoms with Gasteiger partial charge in [-0.3, -0.25) is 9.78 Å². The molecular weight excluding hydrogens is 342 g/mol. The number of halogens is 1. The molecule has 1 heterocycles. The van der Waals surface area contributed by atoms with E-state index in [1.54, 1.807) is 11.8 Å². The molecule has 0 N–H and O–H groups in total. The van der Waals surface area contributed by atoms with Crippen molar-refractivity contribution in [3.8, 4) is 0 Å². The molecule has 0 spiro atoms. The van der Waals surface area contributed by atoms with Gasteiger partial charge in [-0.1, -0.05) is 44.7 Å². The molecule has 5 heteroatoms. The number of hydrogen-bond acceptors (Lipinski definition) is 4. The second-order valence-electron chi connectivity index (χ2n) is 6.48. The highest BCUT2D eigenvalue weighted by Crippen LogP contribution is 2.44. The zero-order valence-electron chi connectivity index (χ0n) is 14.7. The minimum absolute atomic E-state index is 0.106. The fourth-order valence-corrected chi connectivity index (χ4v) is 3.93. The van der Waals surface area contributed by atoms with Crippen molar-refractivity contribution >= 4 is 29.3 Å². The molecule has 0 radical (unpaired) electrons. The summed E-state index contributed by atoms with van der Waals surface area (Å²) in [5.41, 5.74) is 1.02. The Labute approximate surface area is 154 Å². The number of pyridine rings is 1. The highest BCUT2D eigenvalue weighted by Gasteiger charge is 2.28. The van der Waals surface area contributed by atoms with E-state index in [0.717, 1.165) is 28.5 Å². The quantitative estimate of drug-likeness (QED) is 0.362. The molecule has 1 aromatic heterocycles. The monoisotopic (exact) mass is 369 g/mol. The van der Waals surface area contributed by atoms with Crippen LogP contribution in [0.25, 0.3) is 0 Å². The zero-order chi connectivity index (χ0) is 17.4. The summed E-state index contributed by atoms with van der Waals surface area (Å²) in [6.07, 6.45) is 9.22. The van der Waals surface area contributed by atoms with Crippen molar-refractivity contribution in [3.63, 3.8) is 0 Å². The van der Waals surface area contributed by atoms with Gasteiger partial charge in [0.2, 0.25) is 0 Å². The average molecular weight is 370 g/mol. The van der Waals surface area contributed by atoms with E-state index in [4.69, 9.17) is 16.3 Å². The fourth-order valence-electron chi connectivity index (χ4n) is 2.62. The van der Waals surface area contributed by atoms with Crippen molar-refractivity contribution < 1.29 is 9.53 Å². The van der Waals surface area contributed by atoms with Crippen LogP contribution in [0.2, 0.25) is 5.02 Å². The van der Waals surface area contributed by atoms with Gasteiger partial charge in [-0.2, -0.15) is 0 Å². The van der Waals surface area contributed by atoms with Gasteiger partial charge in [-0.25, -0.2) is 0 Å². The number of hydrogen-bond donors (Lipinski definition) is 0. The lowest BCUT2D eigenvalue weighted by Gasteiger charge is -2.14. The predicted octanol–water partition coefficient (Wildman–Crippen LogP) is 5.85. The second-order valence-corrected chi connectivity index (χ2v) is 8.00. The molecule has 24 heavy (non-hydrogen) atoms. The van der Waals surface area contributed by atoms with Crippen molar-refractivity contribution in [3.05, 3.63) is 23.0 Å². The second kappa shape index (κ2) is 10.3. The van der Waals surface area contributed by atoms with Crippen LogP contribution in [0.1, 0.15) is 70.4 Å². The highest BCUT2D eigenvalue weighted by molar-refractivity contribution is 7.99.